The molecule has 0 aliphatic rings. The van der Waals surface area contributed by atoms with Crippen molar-refractivity contribution >= 4 is 22.4 Å². The van der Waals surface area contributed by atoms with E-state index >= 15 is 0 Å². The molecule has 0 saturated heterocycles. The molecule has 1 aromatic carbocycles. The quantitative estimate of drug-likeness (QED) is 0.570. The van der Waals surface area contributed by atoms with Crippen molar-refractivity contribution in [2.45, 2.75) is 26.7 Å². The third-order valence-corrected chi connectivity index (χ3v) is 5.22. The summed E-state index contributed by atoms with van der Waals surface area (Å²) in [5, 5.41) is 9.97. The molecule has 3 aromatic rings. The van der Waals surface area contributed by atoms with Crippen LogP contribution >= 0.6 is 11.3 Å². The Bertz CT molecular complexity index is 912. The molecule has 0 radical (unpaired) electrons. The fourth-order valence-electron chi connectivity index (χ4n) is 2.87. The highest BCUT2D eigenvalue weighted by Crippen LogP contribution is 2.29. The van der Waals surface area contributed by atoms with Gasteiger partial charge in [0.1, 0.15) is 10.8 Å². The molecule has 0 spiro atoms. The number of aromatic nitrogens is 3. The Balaban J connectivity index is 1.76. The van der Waals surface area contributed by atoms with Crippen LogP contribution in [0.5, 0.6) is 5.75 Å². The Morgan fingerprint density at radius 1 is 1.14 bits per heavy atom. The first-order valence-corrected chi connectivity index (χ1v) is 10.1. The lowest BCUT2D eigenvalue weighted by Gasteiger charge is -2.21. The van der Waals surface area contributed by atoms with Gasteiger partial charge in [0.05, 0.1) is 7.11 Å². The van der Waals surface area contributed by atoms with E-state index in [0.717, 1.165) is 21.9 Å². The van der Waals surface area contributed by atoms with Crippen LogP contribution < -0.4 is 9.64 Å². The molecule has 0 N–H and O–H groups in total. The summed E-state index contributed by atoms with van der Waals surface area (Å²) in [6.07, 6.45) is 4.45. The van der Waals surface area contributed by atoms with Crippen molar-refractivity contribution in [3.63, 3.8) is 0 Å². The number of rotatable bonds is 8. The fraction of sp³-hybridized carbons (Fsp3) is 0.333. The van der Waals surface area contributed by atoms with Gasteiger partial charge < -0.3 is 4.74 Å². The first kappa shape index (κ1) is 19.9. The number of pyridine rings is 1. The van der Waals surface area contributed by atoms with Gasteiger partial charge in [-0.3, -0.25) is 14.7 Å². The van der Waals surface area contributed by atoms with E-state index in [0.29, 0.717) is 30.4 Å². The van der Waals surface area contributed by atoms with E-state index in [-0.39, 0.29) is 5.91 Å². The van der Waals surface area contributed by atoms with Crippen molar-refractivity contribution in [2.24, 2.45) is 5.92 Å². The summed E-state index contributed by atoms with van der Waals surface area (Å²) >= 11 is 1.42. The van der Waals surface area contributed by atoms with Gasteiger partial charge in [-0.05, 0) is 36.1 Å². The van der Waals surface area contributed by atoms with Gasteiger partial charge in [-0.2, -0.15) is 0 Å². The molecule has 6 nitrogen and oxygen atoms in total. The number of amides is 1. The summed E-state index contributed by atoms with van der Waals surface area (Å²) < 4.78 is 5.39. The Morgan fingerprint density at radius 3 is 2.61 bits per heavy atom. The van der Waals surface area contributed by atoms with Crippen molar-refractivity contribution in [3.8, 4) is 16.3 Å². The van der Waals surface area contributed by atoms with E-state index in [4.69, 9.17) is 4.74 Å². The van der Waals surface area contributed by atoms with Gasteiger partial charge in [0.2, 0.25) is 11.0 Å². The molecule has 3 rings (SSSR count). The Hall–Kier alpha value is -2.80. The number of methoxy groups -OCH3 is 1. The van der Waals surface area contributed by atoms with Crippen LogP contribution in [0.25, 0.3) is 10.6 Å². The molecule has 2 aromatic heterocycles. The van der Waals surface area contributed by atoms with E-state index < -0.39 is 0 Å². The lowest BCUT2D eigenvalue weighted by atomic mass is 10.1. The monoisotopic (exact) mass is 396 g/mol. The maximum absolute atomic E-state index is 13.0. The van der Waals surface area contributed by atoms with E-state index in [1.807, 2.05) is 36.4 Å². The molecular formula is C21H24N4O2S. The SMILES string of the molecule is COc1ccccc1CCC(=O)N(CC(C)C)c1nnc(-c2ccncc2)s1. The molecule has 0 unspecified atom stereocenters. The predicted octanol–water partition coefficient (Wildman–Crippen LogP) is 4.23. The van der Waals surface area contributed by atoms with Crippen LogP contribution in [-0.4, -0.2) is 34.7 Å². The van der Waals surface area contributed by atoms with Crippen molar-refractivity contribution in [1.82, 2.24) is 15.2 Å². The van der Waals surface area contributed by atoms with Crippen LogP contribution in [0.1, 0.15) is 25.8 Å². The van der Waals surface area contributed by atoms with Crippen molar-refractivity contribution in [2.75, 3.05) is 18.6 Å². The molecule has 2 heterocycles. The Morgan fingerprint density at radius 2 is 1.89 bits per heavy atom. The lowest BCUT2D eigenvalue weighted by molar-refractivity contribution is -0.118. The number of carbonyl (C=O) groups is 1. The van der Waals surface area contributed by atoms with Crippen molar-refractivity contribution in [3.05, 3.63) is 54.4 Å². The molecule has 7 heteroatoms. The zero-order valence-electron chi connectivity index (χ0n) is 16.3. The number of hydrogen-bond donors (Lipinski definition) is 0. The topological polar surface area (TPSA) is 68.2 Å². The number of hydrogen-bond acceptors (Lipinski definition) is 6. The highest BCUT2D eigenvalue weighted by atomic mass is 32.1. The Kier molecular flexibility index (Phi) is 6.71. The van der Waals surface area contributed by atoms with Gasteiger partial charge in [-0.25, -0.2) is 0 Å². The van der Waals surface area contributed by atoms with Crippen LogP contribution in [0, 0.1) is 5.92 Å². The van der Waals surface area contributed by atoms with Gasteiger partial charge in [0.15, 0.2) is 0 Å². The van der Waals surface area contributed by atoms with Crippen LogP contribution in [0.3, 0.4) is 0 Å². The van der Waals surface area contributed by atoms with Gasteiger partial charge in [-0.1, -0.05) is 43.4 Å². The molecule has 1 amide bonds. The molecule has 0 aliphatic carbocycles. The van der Waals surface area contributed by atoms with Crippen molar-refractivity contribution in [1.29, 1.82) is 0 Å². The minimum absolute atomic E-state index is 0.0389. The standard InChI is InChI=1S/C21H24N4O2S/c1-15(2)14-25(19(26)9-8-16-6-4-5-7-18(16)27-3)21-24-23-20(28-21)17-10-12-22-13-11-17/h4-7,10-13,15H,8-9,14H2,1-3H3. The number of ether oxygens (including phenoxy) is 1. The third kappa shape index (κ3) is 4.92. The smallest absolute Gasteiger partial charge is 0.229 e. The minimum Gasteiger partial charge on any atom is -0.496 e. The average molecular weight is 397 g/mol. The van der Waals surface area contributed by atoms with Gasteiger partial charge in [-0.15, -0.1) is 10.2 Å². The minimum atomic E-state index is 0.0389. The first-order chi connectivity index (χ1) is 13.6. The highest BCUT2D eigenvalue weighted by Gasteiger charge is 2.22. The van der Waals surface area contributed by atoms with E-state index in [2.05, 4.69) is 29.0 Å². The second kappa shape index (κ2) is 9.41. The zero-order chi connectivity index (χ0) is 19.9. The van der Waals surface area contributed by atoms with Gasteiger partial charge in [0.25, 0.3) is 0 Å². The third-order valence-electron chi connectivity index (χ3n) is 4.22. The second-order valence-corrected chi connectivity index (χ2v) is 7.79. The normalized spacial score (nSPS) is 10.9. The molecule has 0 bridgehead atoms. The van der Waals surface area contributed by atoms with Crippen LogP contribution in [0.15, 0.2) is 48.8 Å². The molecule has 146 valence electrons. The largest absolute Gasteiger partial charge is 0.496 e. The van der Waals surface area contributed by atoms with Crippen LogP contribution in [0.4, 0.5) is 5.13 Å². The van der Waals surface area contributed by atoms with Crippen LogP contribution in [-0.2, 0) is 11.2 Å². The fourth-order valence-corrected chi connectivity index (χ4v) is 3.75. The molecular weight excluding hydrogens is 372 g/mol. The molecule has 0 saturated carbocycles. The Labute approximate surface area is 169 Å². The summed E-state index contributed by atoms with van der Waals surface area (Å²) in [6, 6.07) is 11.6. The highest BCUT2D eigenvalue weighted by molar-refractivity contribution is 7.18. The molecule has 0 atom stereocenters. The zero-order valence-corrected chi connectivity index (χ0v) is 17.1. The summed E-state index contributed by atoms with van der Waals surface area (Å²) in [7, 11) is 1.65. The van der Waals surface area contributed by atoms with Crippen molar-refractivity contribution < 1.29 is 9.53 Å². The van der Waals surface area contributed by atoms with E-state index in [1.54, 1.807) is 24.4 Å². The number of nitrogens with zero attached hydrogens (tertiary/aromatic N) is 4. The lowest BCUT2D eigenvalue weighted by Crippen LogP contribution is -2.34. The van der Waals surface area contributed by atoms with E-state index in [9.17, 15) is 4.79 Å². The number of aryl methyl sites for hydroxylation is 1. The summed E-state index contributed by atoms with van der Waals surface area (Å²) in [5.74, 6) is 1.17. The maximum atomic E-state index is 13.0. The van der Waals surface area contributed by atoms with Gasteiger partial charge >= 0.3 is 0 Å². The summed E-state index contributed by atoms with van der Waals surface area (Å²) in [6.45, 7) is 4.78. The summed E-state index contributed by atoms with van der Waals surface area (Å²) in [5.41, 5.74) is 1.97. The van der Waals surface area contributed by atoms with E-state index in [1.165, 1.54) is 11.3 Å². The first-order valence-electron chi connectivity index (χ1n) is 9.24. The molecule has 28 heavy (non-hydrogen) atoms. The number of carbonyl (C=O) groups excluding carboxylic acids is 1. The maximum Gasteiger partial charge on any atom is 0.229 e. The average Bonchev–Trinajstić information content (AvgIpc) is 3.21. The molecule has 0 aliphatic heterocycles. The summed E-state index contributed by atoms with van der Waals surface area (Å²) in [4.78, 5) is 18.8. The number of para-hydroxylation sites is 1. The molecule has 0 fully saturated rings. The predicted molar refractivity (Wildman–Crippen MR) is 112 cm³/mol. The van der Waals surface area contributed by atoms with Crippen LogP contribution in [0.2, 0.25) is 0 Å². The second-order valence-electron chi connectivity index (χ2n) is 6.84. The number of anilines is 1. The van der Waals surface area contributed by atoms with Gasteiger partial charge in [0, 0.05) is 30.9 Å². The number of benzene rings is 1.